The quantitative estimate of drug-likeness (QED) is 0.401. The van der Waals surface area contributed by atoms with Crippen LogP contribution in [0.4, 0.5) is 11.4 Å². The number of amides is 1. The molecule has 0 unspecified atom stereocenters. The second-order valence-corrected chi connectivity index (χ2v) is 5.47. The van der Waals surface area contributed by atoms with Crippen LogP contribution < -0.4 is 16.4 Å². The Hall–Kier alpha value is -1.86. The van der Waals surface area contributed by atoms with Gasteiger partial charge in [0.05, 0.1) is 10.5 Å². The van der Waals surface area contributed by atoms with Crippen molar-refractivity contribution in [2.24, 2.45) is 5.73 Å². The number of hydrogen-bond donors (Lipinski definition) is 3. The summed E-state index contributed by atoms with van der Waals surface area (Å²) >= 11 is 0. The standard InChI is InChI=1S/C14H20N4O3.ClH/c1-10-3-4-11(12(9-10)18(20)21)16-7-2-8-17-13(19)14(15)5-6-14;/h3-4,9,16H,2,5-8,15H2,1H3,(H,17,19);1H. The van der Waals surface area contributed by atoms with Crippen molar-refractivity contribution < 1.29 is 9.72 Å². The van der Waals surface area contributed by atoms with Gasteiger partial charge in [-0.2, -0.15) is 0 Å². The van der Waals surface area contributed by atoms with Crippen LogP contribution in [0.3, 0.4) is 0 Å². The summed E-state index contributed by atoms with van der Waals surface area (Å²) in [5, 5.41) is 16.8. The zero-order valence-corrected chi connectivity index (χ0v) is 13.2. The number of halogens is 1. The fourth-order valence-corrected chi connectivity index (χ4v) is 1.99. The highest BCUT2D eigenvalue weighted by atomic mass is 35.5. The average molecular weight is 329 g/mol. The Morgan fingerprint density at radius 1 is 1.41 bits per heavy atom. The molecular formula is C14H21ClN4O3. The summed E-state index contributed by atoms with van der Waals surface area (Å²) in [6, 6.07) is 5.06. The van der Waals surface area contributed by atoms with Gasteiger partial charge in [-0.15, -0.1) is 12.4 Å². The molecule has 1 saturated carbocycles. The summed E-state index contributed by atoms with van der Waals surface area (Å²) in [5.74, 6) is -0.108. The van der Waals surface area contributed by atoms with E-state index in [-0.39, 0.29) is 24.0 Å². The summed E-state index contributed by atoms with van der Waals surface area (Å²) in [7, 11) is 0. The molecule has 2 rings (SSSR count). The summed E-state index contributed by atoms with van der Waals surface area (Å²) < 4.78 is 0. The SMILES string of the molecule is Cc1ccc(NCCCNC(=O)C2(N)CC2)c([N+](=O)[O-])c1.Cl. The number of aryl methyl sites for hydroxylation is 1. The molecule has 4 N–H and O–H groups in total. The predicted molar refractivity (Wildman–Crippen MR) is 87.4 cm³/mol. The summed E-state index contributed by atoms with van der Waals surface area (Å²) in [6.07, 6.45) is 2.16. The highest BCUT2D eigenvalue weighted by molar-refractivity contribution is 5.88. The van der Waals surface area contributed by atoms with Gasteiger partial charge in [-0.3, -0.25) is 14.9 Å². The number of nitrogens with two attached hydrogens (primary N) is 1. The molecule has 1 aliphatic carbocycles. The Labute approximate surface area is 135 Å². The van der Waals surface area contributed by atoms with Crippen LogP contribution in [0.15, 0.2) is 18.2 Å². The van der Waals surface area contributed by atoms with Crippen molar-refractivity contribution in [1.82, 2.24) is 5.32 Å². The van der Waals surface area contributed by atoms with E-state index < -0.39 is 10.5 Å². The fraction of sp³-hybridized carbons (Fsp3) is 0.500. The Morgan fingerprint density at radius 2 is 2.09 bits per heavy atom. The second-order valence-electron chi connectivity index (χ2n) is 5.47. The molecule has 0 saturated heterocycles. The number of rotatable bonds is 7. The van der Waals surface area contributed by atoms with Crippen molar-refractivity contribution in [3.8, 4) is 0 Å². The molecule has 0 atom stereocenters. The van der Waals surface area contributed by atoms with Gasteiger partial charge < -0.3 is 16.4 Å². The minimum atomic E-state index is -0.650. The maximum Gasteiger partial charge on any atom is 0.292 e. The molecule has 1 aliphatic rings. The summed E-state index contributed by atoms with van der Waals surface area (Å²) in [6.45, 7) is 2.86. The summed E-state index contributed by atoms with van der Waals surface area (Å²) in [4.78, 5) is 22.2. The fourth-order valence-electron chi connectivity index (χ4n) is 1.99. The normalized spacial score (nSPS) is 14.6. The van der Waals surface area contributed by atoms with E-state index in [2.05, 4.69) is 10.6 Å². The van der Waals surface area contributed by atoms with E-state index in [1.165, 1.54) is 6.07 Å². The molecule has 1 aromatic carbocycles. The largest absolute Gasteiger partial charge is 0.379 e. The minimum absolute atomic E-state index is 0. The van der Waals surface area contributed by atoms with E-state index in [0.717, 1.165) is 18.4 Å². The molecule has 0 heterocycles. The first-order valence-electron chi connectivity index (χ1n) is 6.98. The van der Waals surface area contributed by atoms with E-state index in [0.29, 0.717) is 25.2 Å². The molecule has 8 heteroatoms. The Bertz CT molecular complexity index is 561. The number of benzene rings is 1. The number of nitro groups is 1. The molecule has 0 aromatic heterocycles. The number of nitrogens with one attached hydrogen (secondary N) is 2. The number of nitrogens with zero attached hydrogens (tertiary/aromatic N) is 1. The van der Waals surface area contributed by atoms with Crippen LogP contribution in [0, 0.1) is 17.0 Å². The lowest BCUT2D eigenvalue weighted by Crippen LogP contribution is -2.43. The van der Waals surface area contributed by atoms with Crippen LogP contribution in [0.25, 0.3) is 0 Å². The molecule has 1 aromatic rings. The lowest BCUT2D eigenvalue weighted by Gasteiger charge is -2.11. The maximum absolute atomic E-state index is 11.6. The monoisotopic (exact) mass is 328 g/mol. The Morgan fingerprint density at radius 3 is 2.68 bits per heavy atom. The number of nitro benzene ring substituents is 1. The molecule has 1 fully saturated rings. The van der Waals surface area contributed by atoms with Crippen LogP contribution in [0.1, 0.15) is 24.8 Å². The number of carbonyl (C=O) groups excluding carboxylic acids is 1. The Balaban J connectivity index is 0.00000242. The first-order valence-corrected chi connectivity index (χ1v) is 6.98. The van der Waals surface area contributed by atoms with Crippen molar-refractivity contribution in [3.63, 3.8) is 0 Å². The van der Waals surface area contributed by atoms with Crippen molar-refractivity contribution in [2.45, 2.75) is 31.7 Å². The van der Waals surface area contributed by atoms with Crippen LogP contribution in [-0.2, 0) is 4.79 Å². The number of anilines is 1. The zero-order valence-electron chi connectivity index (χ0n) is 12.4. The molecule has 0 spiro atoms. The van der Waals surface area contributed by atoms with Gasteiger partial charge in [0.15, 0.2) is 0 Å². The first-order chi connectivity index (χ1) is 9.92. The third-order valence-electron chi connectivity index (χ3n) is 3.55. The topological polar surface area (TPSA) is 110 Å². The van der Waals surface area contributed by atoms with Gasteiger partial charge in [-0.25, -0.2) is 0 Å². The van der Waals surface area contributed by atoms with Crippen LogP contribution >= 0.6 is 12.4 Å². The van der Waals surface area contributed by atoms with Crippen molar-refractivity contribution in [1.29, 1.82) is 0 Å². The number of carbonyl (C=O) groups is 1. The van der Waals surface area contributed by atoms with Crippen molar-refractivity contribution >= 4 is 29.7 Å². The van der Waals surface area contributed by atoms with E-state index in [9.17, 15) is 14.9 Å². The van der Waals surface area contributed by atoms with Crippen LogP contribution in [0.2, 0.25) is 0 Å². The van der Waals surface area contributed by atoms with E-state index >= 15 is 0 Å². The zero-order chi connectivity index (χ0) is 15.5. The molecule has 0 bridgehead atoms. The molecule has 122 valence electrons. The van der Waals surface area contributed by atoms with Crippen LogP contribution in [0.5, 0.6) is 0 Å². The second kappa shape index (κ2) is 7.42. The lowest BCUT2D eigenvalue weighted by molar-refractivity contribution is -0.384. The maximum atomic E-state index is 11.6. The highest BCUT2D eigenvalue weighted by Gasteiger charge is 2.45. The predicted octanol–water partition coefficient (Wildman–Crippen LogP) is 1.73. The third-order valence-corrected chi connectivity index (χ3v) is 3.55. The highest BCUT2D eigenvalue weighted by Crippen LogP contribution is 2.32. The molecule has 0 radical (unpaired) electrons. The van der Waals surface area contributed by atoms with E-state index in [1.807, 2.05) is 13.0 Å². The van der Waals surface area contributed by atoms with Gasteiger partial charge >= 0.3 is 0 Å². The third kappa shape index (κ3) is 4.57. The molecule has 22 heavy (non-hydrogen) atoms. The first kappa shape index (κ1) is 18.2. The molecular weight excluding hydrogens is 308 g/mol. The molecule has 7 nitrogen and oxygen atoms in total. The van der Waals surface area contributed by atoms with Gasteiger partial charge in [0.2, 0.25) is 5.91 Å². The van der Waals surface area contributed by atoms with Gasteiger partial charge in [-0.05, 0) is 37.8 Å². The smallest absolute Gasteiger partial charge is 0.292 e. The molecule has 1 amide bonds. The van der Waals surface area contributed by atoms with Gasteiger partial charge in [0, 0.05) is 19.2 Å². The van der Waals surface area contributed by atoms with Crippen LogP contribution in [-0.4, -0.2) is 29.5 Å². The Kier molecular flexibility index (Phi) is 6.13. The summed E-state index contributed by atoms with van der Waals surface area (Å²) in [5.41, 5.74) is 6.52. The molecule has 0 aliphatic heterocycles. The van der Waals surface area contributed by atoms with Gasteiger partial charge in [-0.1, -0.05) is 6.07 Å². The number of hydrogen-bond acceptors (Lipinski definition) is 5. The average Bonchev–Trinajstić information content (AvgIpc) is 3.18. The van der Waals surface area contributed by atoms with Crippen molar-refractivity contribution in [3.05, 3.63) is 33.9 Å². The van der Waals surface area contributed by atoms with Gasteiger partial charge in [0.1, 0.15) is 5.69 Å². The lowest BCUT2D eigenvalue weighted by atomic mass is 10.2. The minimum Gasteiger partial charge on any atom is -0.379 e. The van der Waals surface area contributed by atoms with Gasteiger partial charge in [0.25, 0.3) is 5.69 Å². The van der Waals surface area contributed by atoms with Crippen molar-refractivity contribution in [2.75, 3.05) is 18.4 Å². The van der Waals surface area contributed by atoms with E-state index in [4.69, 9.17) is 5.73 Å². The van der Waals surface area contributed by atoms with E-state index in [1.54, 1.807) is 6.07 Å².